The Morgan fingerprint density at radius 1 is 1.30 bits per heavy atom. The normalized spacial score (nSPS) is 40.7. The summed E-state index contributed by atoms with van der Waals surface area (Å²) in [4.78, 5) is 0. The molecule has 0 aromatic rings. The van der Waals surface area contributed by atoms with E-state index in [-0.39, 0.29) is 19.3 Å². The van der Waals surface area contributed by atoms with Crippen LogP contribution in [0, 0.1) is 17.2 Å². The van der Waals surface area contributed by atoms with E-state index in [0.29, 0.717) is 0 Å². The predicted octanol–water partition coefficient (Wildman–Crippen LogP) is 1.99. The minimum absolute atomic E-state index is 0.0810. The molecule has 1 saturated carbocycles. The van der Waals surface area contributed by atoms with Crippen molar-refractivity contribution in [1.82, 2.24) is 0 Å². The van der Waals surface area contributed by atoms with Crippen molar-refractivity contribution in [3.63, 3.8) is 0 Å². The number of hydrogen-bond donors (Lipinski definition) is 0. The number of rotatable bonds is 0. The Balaban J connectivity index is 2.47. The van der Waals surface area contributed by atoms with Gasteiger partial charge >= 0.3 is 0 Å². The maximum absolute atomic E-state index is 12.6. The van der Waals surface area contributed by atoms with Gasteiger partial charge in [0.05, 0.1) is 12.0 Å². The molecule has 0 amide bonds. The highest BCUT2D eigenvalue weighted by molar-refractivity contribution is 4.93. The molecule has 1 nitrogen and oxygen atoms in total. The quantitative estimate of drug-likeness (QED) is 0.511. The van der Waals surface area contributed by atoms with Crippen LogP contribution in [0.3, 0.4) is 0 Å². The third-order valence-corrected chi connectivity index (χ3v) is 1.87. The molecule has 3 heteroatoms. The number of nitrogens with zero attached hydrogens (tertiary/aromatic N) is 1. The first-order valence-corrected chi connectivity index (χ1v) is 3.42. The Hall–Kier alpha value is -0.650. The molecule has 0 aromatic heterocycles. The fourth-order valence-electron chi connectivity index (χ4n) is 1.22. The monoisotopic (exact) mass is 145 g/mol. The highest BCUT2D eigenvalue weighted by Gasteiger charge is 2.30. The molecule has 0 heterocycles. The second-order valence-corrected chi connectivity index (χ2v) is 2.66. The zero-order valence-electron chi connectivity index (χ0n) is 5.56. The van der Waals surface area contributed by atoms with Gasteiger partial charge in [0.15, 0.2) is 0 Å². The van der Waals surface area contributed by atoms with Gasteiger partial charge in [-0.05, 0) is 19.3 Å². The lowest BCUT2D eigenvalue weighted by Crippen LogP contribution is -2.25. The SMILES string of the molecule is N#CC1CC(F)CCC1F. The van der Waals surface area contributed by atoms with Crippen molar-refractivity contribution in [2.45, 2.75) is 31.6 Å². The van der Waals surface area contributed by atoms with Gasteiger partial charge in [-0.3, -0.25) is 0 Å². The molecule has 0 radical (unpaired) electrons. The van der Waals surface area contributed by atoms with E-state index in [4.69, 9.17) is 5.26 Å². The van der Waals surface area contributed by atoms with Crippen molar-refractivity contribution in [2.75, 3.05) is 0 Å². The highest BCUT2D eigenvalue weighted by Crippen LogP contribution is 2.28. The van der Waals surface area contributed by atoms with Gasteiger partial charge in [-0.2, -0.15) is 5.26 Å². The third kappa shape index (κ3) is 1.44. The second-order valence-electron chi connectivity index (χ2n) is 2.66. The Labute approximate surface area is 58.6 Å². The zero-order chi connectivity index (χ0) is 7.56. The van der Waals surface area contributed by atoms with E-state index in [0.717, 1.165) is 0 Å². The van der Waals surface area contributed by atoms with Gasteiger partial charge in [0, 0.05) is 0 Å². The molecule has 0 bridgehead atoms. The van der Waals surface area contributed by atoms with Crippen LogP contribution in [0.1, 0.15) is 19.3 Å². The first-order valence-electron chi connectivity index (χ1n) is 3.42. The number of hydrogen-bond acceptors (Lipinski definition) is 1. The van der Waals surface area contributed by atoms with Crippen LogP contribution in [-0.2, 0) is 0 Å². The highest BCUT2D eigenvalue weighted by atomic mass is 19.1. The van der Waals surface area contributed by atoms with Crippen LogP contribution in [0.5, 0.6) is 0 Å². The van der Waals surface area contributed by atoms with Crippen molar-refractivity contribution < 1.29 is 8.78 Å². The van der Waals surface area contributed by atoms with Gasteiger partial charge in [-0.25, -0.2) is 8.78 Å². The van der Waals surface area contributed by atoms with Crippen LogP contribution >= 0.6 is 0 Å². The van der Waals surface area contributed by atoms with Crippen molar-refractivity contribution >= 4 is 0 Å². The molecule has 0 aromatic carbocycles. The minimum Gasteiger partial charge on any atom is -0.247 e. The molecule has 0 aliphatic heterocycles. The smallest absolute Gasteiger partial charge is 0.116 e. The fraction of sp³-hybridized carbons (Fsp3) is 0.857. The molecule has 0 N–H and O–H groups in total. The molecule has 3 atom stereocenters. The standard InChI is InChI=1S/C7H9F2N/c8-6-1-2-7(9)5(3-6)4-10/h5-7H,1-3H2. The topological polar surface area (TPSA) is 23.8 Å². The van der Waals surface area contributed by atoms with E-state index >= 15 is 0 Å². The number of halogens is 2. The first kappa shape index (κ1) is 7.46. The summed E-state index contributed by atoms with van der Waals surface area (Å²) in [6, 6.07) is 1.77. The molecular weight excluding hydrogens is 136 g/mol. The summed E-state index contributed by atoms with van der Waals surface area (Å²) in [5, 5.41) is 8.32. The van der Waals surface area contributed by atoms with Gasteiger partial charge in [-0.15, -0.1) is 0 Å². The molecule has 0 saturated heterocycles. The van der Waals surface area contributed by atoms with Crippen molar-refractivity contribution in [3.8, 4) is 6.07 Å². The maximum Gasteiger partial charge on any atom is 0.116 e. The van der Waals surface area contributed by atoms with Crippen LogP contribution in [-0.4, -0.2) is 12.3 Å². The van der Waals surface area contributed by atoms with E-state index in [1.807, 2.05) is 0 Å². The van der Waals surface area contributed by atoms with E-state index < -0.39 is 18.3 Å². The summed E-state index contributed by atoms with van der Waals surface area (Å²) in [6.07, 6.45) is -1.50. The van der Waals surface area contributed by atoms with Crippen molar-refractivity contribution in [1.29, 1.82) is 5.26 Å². The average Bonchev–Trinajstić information content (AvgIpc) is 1.94. The lowest BCUT2D eigenvalue weighted by molar-refractivity contribution is 0.133. The summed E-state index contributed by atoms with van der Waals surface area (Å²) in [5.74, 6) is -0.705. The maximum atomic E-state index is 12.6. The average molecular weight is 145 g/mol. The Morgan fingerprint density at radius 2 is 2.00 bits per heavy atom. The van der Waals surface area contributed by atoms with Gasteiger partial charge in [0.1, 0.15) is 12.3 Å². The number of nitriles is 1. The Morgan fingerprint density at radius 3 is 2.50 bits per heavy atom. The van der Waals surface area contributed by atoms with Gasteiger partial charge in [0.2, 0.25) is 0 Å². The lowest BCUT2D eigenvalue weighted by Gasteiger charge is -2.22. The summed E-state index contributed by atoms with van der Waals surface area (Å²) in [7, 11) is 0. The second kappa shape index (κ2) is 2.96. The van der Waals surface area contributed by atoms with Gasteiger partial charge in [-0.1, -0.05) is 0 Å². The minimum atomic E-state index is -1.10. The van der Waals surface area contributed by atoms with Crippen LogP contribution < -0.4 is 0 Å². The Bertz CT molecular complexity index is 152. The van der Waals surface area contributed by atoms with Crippen LogP contribution in [0.25, 0.3) is 0 Å². The molecule has 3 unspecified atom stereocenters. The zero-order valence-corrected chi connectivity index (χ0v) is 5.56. The van der Waals surface area contributed by atoms with Gasteiger partial charge < -0.3 is 0 Å². The molecule has 56 valence electrons. The number of alkyl halides is 2. The van der Waals surface area contributed by atoms with Crippen LogP contribution in [0.15, 0.2) is 0 Å². The van der Waals surface area contributed by atoms with E-state index in [9.17, 15) is 8.78 Å². The van der Waals surface area contributed by atoms with E-state index in [2.05, 4.69) is 0 Å². The van der Waals surface area contributed by atoms with Crippen LogP contribution in [0.4, 0.5) is 8.78 Å². The summed E-state index contributed by atoms with van der Waals surface area (Å²) in [6.45, 7) is 0. The third-order valence-electron chi connectivity index (χ3n) is 1.87. The lowest BCUT2D eigenvalue weighted by atomic mass is 9.87. The summed E-state index contributed by atoms with van der Waals surface area (Å²) >= 11 is 0. The van der Waals surface area contributed by atoms with Gasteiger partial charge in [0.25, 0.3) is 0 Å². The fourth-order valence-corrected chi connectivity index (χ4v) is 1.22. The van der Waals surface area contributed by atoms with E-state index in [1.54, 1.807) is 6.07 Å². The molecule has 1 aliphatic rings. The molecule has 10 heavy (non-hydrogen) atoms. The summed E-state index contributed by atoms with van der Waals surface area (Å²) < 4.78 is 25.1. The largest absolute Gasteiger partial charge is 0.247 e. The Kier molecular flexibility index (Phi) is 2.21. The predicted molar refractivity (Wildman–Crippen MR) is 32.7 cm³/mol. The van der Waals surface area contributed by atoms with Crippen LogP contribution in [0.2, 0.25) is 0 Å². The molecular formula is C7H9F2N. The van der Waals surface area contributed by atoms with E-state index in [1.165, 1.54) is 0 Å². The molecule has 1 aliphatic carbocycles. The first-order chi connectivity index (χ1) is 4.74. The summed E-state index contributed by atoms with van der Waals surface area (Å²) in [5.41, 5.74) is 0. The molecule has 1 fully saturated rings. The van der Waals surface area contributed by atoms with Crippen molar-refractivity contribution in [2.24, 2.45) is 5.92 Å². The molecule has 1 rings (SSSR count). The molecule has 0 spiro atoms. The van der Waals surface area contributed by atoms with Crippen molar-refractivity contribution in [3.05, 3.63) is 0 Å².